The van der Waals surface area contributed by atoms with E-state index in [4.69, 9.17) is 0 Å². The van der Waals surface area contributed by atoms with Gasteiger partial charge in [0.1, 0.15) is 0 Å². The van der Waals surface area contributed by atoms with Crippen molar-refractivity contribution in [2.45, 2.75) is 32.7 Å². The Bertz CT molecular complexity index is 745. The monoisotopic (exact) mass is 343 g/mol. The number of carbonyl (C=O) groups is 2. The maximum absolute atomic E-state index is 12.7. The van der Waals surface area contributed by atoms with Crippen LogP contribution < -0.4 is 5.32 Å². The highest BCUT2D eigenvalue weighted by Crippen LogP contribution is 2.17. The van der Waals surface area contributed by atoms with Gasteiger partial charge in [-0.05, 0) is 44.9 Å². The minimum Gasteiger partial charge on any atom is -0.345 e. The lowest BCUT2D eigenvalue weighted by Gasteiger charge is -2.33. The molecule has 7 nitrogen and oxygen atoms in total. The number of amides is 3. The number of piperidine rings is 1. The zero-order chi connectivity index (χ0) is 17.8. The summed E-state index contributed by atoms with van der Waals surface area (Å²) in [4.78, 5) is 35.7. The molecule has 25 heavy (non-hydrogen) atoms. The number of fused-ring (bicyclic) bond motifs is 1. The van der Waals surface area contributed by atoms with E-state index in [2.05, 4.69) is 15.3 Å². The molecule has 1 fully saturated rings. The molecule has 2 aromatic rings. The standard InChI is InChI=1S/C18H25N5O2/c1-3-22(4-2)18(25)21-14-7-9-23(10-8-14)17(24)13-5-6-15-16(11-13)20-12-19-15/h5-6,11-12,14H,3-4,7-10H2,1-2H3,(H,19,20)(H,21,25). The van der Waals surface area contributed by atoms with Crippen LogP contribution >= 0.6 is 0 Å². The topological polar surface area (TPSA) is 81.3 Å². The zero-order valence-electron chi connectivity index (χ0n) is 14.8. The minimum atomic E-state index is -0.0144. The number of rotatable bonds is 4. The van der Waals surface area contributed by atoms with Gasteiger partial charge in [-0.25, -0.2) is 9.78 Å². The molecule has 134 valence electrons. The van der Waals surface area contributed by atoms with Crippen molar-refractivity contribution in [3.8, 4) is 0 Å². The van der Waals surface area contributed by atoms with Crippen LogP contribution in [-0.4, -0.2) is 63.9 Å². The number of urea groups is 1. The highest BCUT2D eigenvalue weighted by molar-refractivity contribution is 5.97. The highest BCUT2D eigenvalue weighted by atomic mass is 16.2. The number of nitrogens with zero attached hydrogens (tertiary/aromatic N) is 3. The number of aromatic amines is 1. The average Bonchev–Trinajstić information content (AvgIpc) is 3.10. The number of hydrogen-bond acceptors (Lipinski definition) is 3. The van der Waals surface area contributed by atoms with Crippen molar-refractivity contribution in [2.75, 3.05) is 26.2 Å². The van der Waals surface area contributed by atoms with E-state index in [1.807, 2.05) is 36.9 Å². The summed E-state index contributed by atoms with van der Waals surface area (Å²) in [5.74, 6) is 0.0324. The molecule has 0 saturated carbocycles. The maximum atomic E-state index is 12.7. The van der Waals surface area contributed by atoms with Crippen molar-refractivity contribution in [1.29, 1.82) is 0 Å². The van der Waals surface area contributed by atoms with Crippen LogP contribution in [0.1, 0.15) is 37.0 Å². The number of carbonyl (C=O) groups excluding carboxylic acids is 2. The van der Waals surface area contributed by atoms with Crippen LogP contribution in [0.3, 0.4) is 0 Å². The van der Waals surface area contributed by atoms with Gasteiger partial charge >= 0.3 is 6.03 Å². The Morgan fingerprint density at radius 1 is 1.28 bits per heavy atom. The first-order valence-corrected chi connectivity index (χ1v) is 8.90. The summed E-state index contributed by atoms with van der Waals surface area (Å²) in [7, 11) is 0. The van der Waals surface area contributed by atoms with Gasteiger partial charge in [0.2, 0.25) is 0 Å². The van der Waals surface area contributed by atoms with Gasteiger partial charge in [-0.2, -0.15) is 0 Å². The van der Waals surface area contributed by atoms with Gasteiger partial charge in [0.05, 0.1) is 17.4 Å². The van der Waals surface area contributed by atoms with Gasteiger partial charge in [-0.1, -0.05) is 0 Å². The molecule has 0 spiro atoms. The molecule has 0 atom stereocenters. The largest absolute Gasteiger partial charge is 0.345 e. The third-order valence-electron chi connectivity index (χ3n) is 4.83. The number of likely N-dealkylation sites (tertiary alicyclic amines) is 1. The van der Waals surface area contributed by atoms with Crippen LogP contribution in [-0.2, 0) is 0 Å². The number of imidazole rings is 1. The smallest absolute Gasteiger partial charge is 0.317 e. The summed E-state index contributed by atoms with van der Waals surface area (Å²) < 4.78 is 0. The van der Waals surface area contributed by atoms with Crippen LogP contribution in [0.5, 0.6) is 0 Å². The second-order valence-electron chi connectivity index (χ2n) is 6.32. The quantitative estimate of drug-likeness (QED) is 0.893. The van der Waals surface area contributed by atoms with Gasteiger partial charge in [-0.3, -0.25) is 4.79 Å². The van der Waals surface area contributed by atoms with E-state index in [9.17, 15) is 9.59 Å². The molecule has 2 N–H and O–H groups in total. The fraction of sp³-hybridized carbons (Fsp3) is 0.500. The van der Waals surface area contributed by atoms with Crippen LogP contribution in [0, 0.1) is 0 Å². The summed E-state index contributed by atoms with van der Waals surface area (Å²) in [5, 5.41) is 3.08. The second-order valence-corrected chi connectivity index (χ2v) is 6.32. The number of H-pyrrole nitrogens is 1. The predicted octanol–water partition coefficient (Wildman–Crippen LogP) is 2.22. The Hall–Kier alpha value is -2.57. The van der Waals surface area contributed by atoms with Crippen molar-refractivity contribution in [2.24, 2.45) is 0 Å². The lowest BCUT2D eigenvalue weighted by Crippen LogP contribution is -2.50. The molecule has 0 aliphatic carbocycles. The molecule has 2 heterocycles. The Balaban J connectivity index is 1.56. The van der Waals surface area contributed by atoms with Crippen LogP contribution in [0.4, 0.5) is 4.79 Å². The first kappa shape index (κ1) is 17.3. The molecule has 1 saturated heterocycles. The van der Waals surface area contributed by atoms with Crippen molar-refractivity contribution in [1.82, 2.24) is 25.1 Å². The molecule has 0 bridgehead atoms. The lowest BCUT2D eigenvalue weighted by molar-refractivity contribution is 0.0707. The van der Waals surface area contributed by atoms with Gasteiger partial charge in [0, 0.05) is 37.8 Å². The minimum absolute atomic E-state index is 0.0144. The second kappa shape index (κ2) is 7.55. The van der Waals surface area contributed by atoms with Crippen LogP contribution in [0.2, 0.25) is 0 Å². The van der Waals surface area contributed by atoms with Gasteiger partial charge < -0.3 is 20.1 Å². The molecule has 1 aromatic heterocycles. The fourth-order valence-corrected chi connectivity index (χ4v) is 3.25. The summed E-state index contributed by atoms with van der Waals surface area (Å²) >= 11 is 0. The lowest BCUT2D eigenvalue weighted by atomic mass is 10.0. The van der Waals surface area contributed by atoms with E-state index in [0.29, 0.717) is 31.7 Å². The Morgan fingerprint density at radius 2 is 2.00 bits per heavy atom. The van der Waals surface area contributed by atoms with Gasteiger partial charge in [-0.15, -0.1) is 0 Å². The molecule has 0 unspecified atom stereocenters. The van der Waals surface area contributed by atoms with E-state index in [-0.39, 0.29) is 18.0 Å². The Morgan fingerprint density at radius 3 is 2.68 bits per heavy atom. The van der Waals surface area contributed by atoms with Gasteiger partial charge in [0.25, 0.3) is 5.91 Å². The Kier molecular flexibility index (Phi) is 5.21. The normalized spacial score (nSPS) is 15.4. The van der Waals surface area contributed by atoms with Gasteiger partial charge in [0.15, 0.2) is 0 Å². The fourth-order valence-electron chi connectivity index (χ4n) is 3.25. The SMILES string of the molecule is CCN(CC)C(=O)NC1CCN(C(=O)c2ccc3nc[nH]c3c2)CC1. The van der Waals surface area contributed by atoms with Crippen molar-refractivity contribution in [3.05, 3.63) is 30.1 Å². The van der Waals surface area contributed by atoms with E-state index < -0.39 is 0 Å². The molecule has 7 heteroatoms. The molecule has 1 aliphatic heterocycles. The predicted molar refractivity (Wildman–Crippen MR) is 96.5 cm³/mol. The first-order chi connectivity index (χ1) is 12.1. The van der Waals surface area contributed by atoms with Crippen LogP contribution in [0.25, 0.3) is 11.0 Å². The molecule has 0 radical (unpaired) electrons. The molecular formula is C18H25N5O2. The summed E-state index contributed by atoms with van der Waals surface area (Å²) in [6.45, 7) is 6.67. The van der Waals surface area contributed by atoms with E-state index in [0.717, 1.165) is 23.9 Å². The molecule has 3 rings (SSSR count). The molecule has 1 aromatic carbocycles. The number of hydrogen-bond donors (Lipinski definition) is 2. The Labute approximate surface area is 147 Å². The molecular weight excluding hydrogens is 318 g/mol. The molecule has 1 aliphatic rings. The summed E-state index contributed by atoms with van der Waals surface area (Å²) in [6, 6.07) is 5.64. The van der Waals surface area contributed by atoms with Crippen LogP contribution in [0.15, 0.2) is 24.5 Å². The van der Waals surface area contributed by atoms with Crippen molar-refractivity contribution < 1.29 is 9.59 Å². The summed E-state index contributed by atoms with van der Waals surface area (Å²) in [5.41, 5.74) is 2.39. The third kappa shape index (κ3) is 3.75. The number of benzene rings is 1. The van der Waals surface area contributed by atoms with E-state index in [1.165, 1.54) is 0 Å². The van der Waals surface area contributed by atoms with E-state index >= 15 is 0 Å². The highest BCUT2D eigenvalue weighted by Gasteiger charge is 2.25. The first-order valence-electron chi connectivity index (χ1n) is 8.90. The average molecular weight is 343 g/mol. The third-order valence-corrected chi connectivity index (χ3v) is 4.83. The van der Waals surface area contributed by atoms with Crippen molar-refractivity contribution >= 4 is 23.0 Å². The summed E-state index contributed by atoms with van der Waals surface area (Å²) in [6.07, 6.45) is 3.19. The number of nitrogens with one attached hydrogen (secondary N) is 2. The maximum Gasteiger partial charge on any atom is 0.317 e. The van der Waals surface area contributed by atoms with Crippen molar-refractivity contribution in [3.63, 3.8) is 0 Å². The van der Waals surface area contributed by atoms with E-state index in [1.54, 1.807) is 11.2 Å². The number of aromatic nitrogens is 2. The molecule has 3 amide bonds. The zero-order valence-corrected chi connectivity index (χ0v) is 14.8.